The van der Waals surface area contributed by atoms with E-state index in [-0.39, 0.29) is 0 Å². The number of pyridine rings is 1. The van der Waals surface area contributed by atoms with Gasteiger partial charge in [0.2, 0.25) is 0 Å². The predicted molar refractivity (Wildman–Crippen MR) is 65.6 cm³/mol. The Labute approximate surface area is 107 Å². The molecule has 0 radical (unpaired) electrons. The summed E-state index contributed by atoms with van der Waals surface area (Å²) in [5.74, 6) is 2.00. The molecule has 1 aromatic rings. The molecule has 1 atom stereocenters. The molecular formula is C13H19NO4. The molecule has 0 bridgehead atoms. The molecule has 0 amide bonds. The van der Waals surface area contributed by atoms with Crippen LogP contribution in [0.1, 0.15) is 31.2 Å². The highest BCUT2D eigenvalue weighted by Crippen LogP contribution is 2.33. The van der Waals surface area contributed by atoms with Gasteiger partial charge < -0.3 is 19.3 Å². The van der Waals surface area contributed by atoms with Crippen LogP contribution in [0.5, 0.6) is 11.5 Å². The molecule has 100 valence electrons. The minimum atomic E-state index is -1.04. The van der Waals surface area contributed by atoms with Gasteiger partial charge in [-0.25, -0.2) is 0 Å². The molecular weight excluding hydrogens is 234 g/mol. The zero-order valence-electron chi connectivity index (χ0n) is 10.8. The van der Waals surface area contributed by atoms with Gasteiger partial charge in [0.25, 0.3) is 0 Å². The summed E-state index contributed by atoms with van der Waals surface area (Å²) >= 11 is 0. The van der Waals surface area contributed by atoms with Crippen molar-refractivity contribution in [3.63, 3.8) is 0 Å². The van der Waals surface area contributed by atoms with Crippen molar-refractivity contribution >= 4 is 0 Å². The second-order valence-corrected chi connectivity index (χ2v) is 4.43. The highest BCUT2D eigenvalue weighted by Gasteiger charge is 2.21. The Morgan fingerprint density at radius 3 is 2.78 bits per heavy atom. The van der Waals surface area contributed by atoms with Crippen LogP contribution in [0, 0.1) is 5.92 Å². The van der Waals surface area contributed by atoms with Gasteiger partial charge in [-0.15, -0.1) is 0 Å². The number of rotatable bonds is 7. The van der Waals surface area contributed by atoms with Crippen LogP contribution in [-0.2, 0) is 4.74 Å². The summed E-state index contributed by atoms with van der Waals surface area (Å²) in [6, 6.07) is 1.63. The predicted octanol–water partition coefficient (Wildman–Crippen LogP) is 1.91. The number of hydrogen-bond donors (Lipinski definition) is 1. The molecule has 2 rings (SSSR count). The first kappa shape index (κ1) is 13.1. The SMILES string of the molecule is COc1cc(C(O)OC)ncc1OCCC1CC1. The smallest absolute Gasteiger partial charge is 0.198 e. The topological polar surface area (TPSA) is 60.8 Å². The van der Waals surface area contributed by atoms with Gasteiger partial charge in [-0.2, -0.15) is 0 Å². The van der Waals surface area contributed by atoms with Gasteiger partial charge in [-0.3, -0.25) is 4.98 Å². The molecule has 0 aromatic carbocycles. The molecule has 1 N–H and O–H groups in total. The van der Waals surface area contributed by atoms with Crippen LogP contribution in [0.25, 0.3) is 0 Å². The van der Waals surface area contributed by atoms with Crippen molar-refractivity contribution in [3.8, 4) is 11.5 Å². The number of methoxy groups -OCH3 is 2. The van der Waals surface area contributed by atoms with Crippen molar-refractivity contribution in [2.45, 2.75) is 25.6 Å². The molecule has 5 heteroatoms. The third-order valence-corrected chi connectivity index (χ3v) is 3.03. The fourth-order valence-corrected chi connectivity index (χ4v) is 1.71. The molecule has 1 aromatic heterocycles. The summed E-state index contributed by atoms with van der Waals surface area (Å²) in [7, 11) is 2.98. The maximum atomic E-state index is 9.52. The lowest BCUT2D eigenvalue weighted by atomic mass is 10.3. The first-order valence-electron chi connectivity index (χ1n) is 6.12. The van der Waals surface area contributed by atoms with E-state index in [4.69, 9.17) is 14.2 Å². The molecule has 0 spiro atoms. The first-order chi connectivity index (χ1) is 8.74. The maximum Gasteiger partial charge on any atom is 0.198 e. The van der Waals surface area contributed by atoms with Crippen LogP contribution in [0.3, 0.4) is 0 Å². The molecule has 18 heavy (non-hydrogen) atoms. The number of hydrogen-bond acceptors (Lipinski definition) is 5. The van der Waals surface area contributed by atoms with Crippen LogP contribution >= 0.6 is 0 Å². The number of ether oxygens (including phenoxy) is 3. The summed E-state index contributed by atoms with van der Waals surface area (Å²) in [6.45, 7) is 0.675. The van der Waals surface area contributed by atoms with Crippen molar-refractivity contribution in [2.24, 2.45) is 5.92 Å². The number of nitrogens with zero attached hydrogens (tertiary/aromatic N) is 1. The fourth-order valence-electron chi connectivity index (χ4n) is 1.71. The highest BCUT2D eigenvalue weighted by atomic mass is 16.6. The lowest BCUT2D eigenvalue weighted by Gasteiger charge is -2.13. The van der Waals surface area contributed by atoms with Crippen molar-refractivity contribution in [3.05, 3.63) is 18.0 Å². The molecule has 0 saturated heterocycles. The quantitative estimate of drug-likeness (QED) is 0.752. The Bertz CT molecular complexity index is 393. The summed E-state index contributed by atoms with van der Waals surface area (Å²) in [5, 5.41) is 9.52. The van der Waals surface area contributed by atoms with E-state index < -0.39 is 6.29 Å². The summed E-state index contributed by atoms with van der Waals surface area (Å²) in [5.41, 5.74) is 0.406. The molecule has 1 heterocycles. The summed E-state index contributed by atoms with van der Waals surface area (Å²) in [6.07, 6.45) is 4.23. The second-order valence-electron chi connectivity index (χ2n) is 4.43. The average Bonchev–Trinajstić information content (AvgIpc) is 3.22. The van der Waals surface area contributed by atoms with Crippen LogP contribution < -0.4 is 9.47 Å². The van der Waals surface area contributed by atoms with E-state index in [1.807, 2.05) is 0 Å². The van der Waals surface area contributed by atoms with Crippen molar-refractivity contribution in [1.82, 2.24) is 4.98 Å². The van der Waals surface area contributed by atoms with Crippen LogP contribution in [0.2, 0.25) is 0 Å². The Balaban J connectivity index is 1.99. The minimum absolute atomic E-state index is 0.406. The van der Waals surface area contributed by atoms with Crippen LogP contribution in [-0.4, -0.2) is 30.9 Å². The average molecular weight is 253 g/mol. The Kier molecular flexibility index (Phi) is 4.38. The van der Waals surface area contributed by atoms with E-state index in [2.05, 4.69) is 4.98 Å². The largest absolute Gasteiger partial charge is 0.493 e. The Morgan fingerprint density at radius 1 is 1.39 bits per heavy atom. The highest BCUT2D eigenvalue weighted by molar-refractivity contribution is 5.39. The zero-order valence-corrected chi connectivity index (χ0v) is 10.8. The lowest BCUT2D eigenvalue weighted by Crippen LogP contribution is -2.05. The van der Waals surface area contributed by atoms with Crippen molar-refractivity contribution < 1.29 is 19.3 Å². The Morgan fingerprint density at radius 2 is 2.17 bits per heavy atom. The van der Waals surface area contributed by atoms with Gasteiger partial charge in [0.05, 0.1) is 25.6 Å². The van der Waals surface area contributed by atoms with Gasteiger partial charge in [-0.05, 0) is 12.3 Å². The molecule has 0 aliphatic heterocycles. The number of aliphatic hydroxyl groups is 1. The van der Waals surface area contributed by atoms with Gasteiger partial charge >= 0.3 is 0 Å². The van der Waals surface area contributed by atoms with Crippen molar-refractivity contribution in [1.29, 1.82) is 0 Å². The molecule has 1 unspecified atom stereocenters. The monoisotopic (exact) mass is 253 g/mol. The van der Waals surface area contributed by atoms with Gasteiger partial charge in [0.1, 0.15) is 0 Å². The van der Waals surface area contributed by atoms with E-state index in [0.29, 0.717) is 23.8 Å². The number of aromatic nitrogens is 1. The molecule has 1 fully saturated rings. The summed E-state index contributed by atoms with van der Waals surface area (Å²) in [4.78, 5) is 4.09. The standard InChI is InChI=1S/C13H19NO4/c1-16-11-7-10(13(15)17-2)14-8-12(11)18-6-5-9-3-4-9/h7-9,13,15H,3-6H2,1-2H3. The van der Waals surface area contributed by atoms with Crippen LogP contribution in [0.4, 0.5) is 0 Å². The van der Waals surface area contributed by atoms with Gasteiger partial charge in [0, 0.05) is 13.2 Å². The lowest BCUT2D eigenvalue weighted by molar-refractivity contribution is -0.0800. The van der Waals surface area contributed by atoms with Gasteiger partial charge in [-0.1, -0.05) is 12.8 Å². The van der Waals surface area contributed by atoms with E-state index in [1.54, 1.807) is 19.4 Å². The van der Waals surface area contributed by atoms with E-state index in [0.717, 1.165) is 12.3 Å². The third kappa shape index (κ3) is 3.34. The maximum absolute atomic E-state index is 9.52. The minimum Gasteiger partial charge on any atom is -0.493 e. The fraction of sp³-hybridized carbons (Fsp3) is 0.615. The summed E-state index contributed by atoms with van der Waals surface area (Å²) < 4.78 is 15.7. The molecule has 1 aliphatic rings. The third-order valence-electron chi connectivity index (χ3n) is 3.03. The van der Waals surface area contributed by atoms with Crippen molar-refractivity contribution in [2.75, 3.05) is 20.8 Å². The molecule has 1 aliphatic carbocycles. The number of aliphatic hydroxyl groups excluding tert-OH is 1. The molecule has 5 nitrogen and oxygen atoms in total. The van der Waals surface area contributed by atoms with Crippen LogP contribution in [0.15, 0.2) is 12.3 Å². The second kappa shape index (κ2) is 6.02. The van der Waals surface area contributed by atoms with E-state index in [1.165, 1.54) is 20.0 Å². The normalized spacial score (nSPS) is 16.4. The molecule has 1 saturated carbocycles. The zero-order chi connectivity index (χ0) is 13.0. The van der Waals surface area contributed by atoms with E-state index in [9.17, 15) is 5.11 Å². The van der Waals surface area contributed by atoms with E-state index >= 15 is 0 Å². The van der Waals surface area contributed by atoms with Gasteiger partial charge in [0.15, 0.2) is 17.8 Å². The Hall–Kier alpha value is -1.33. The first-order valence-corrected chi connectivity index (χ1v) is 6.12.